The van der Waals surface area contributed by atoms with Gasteiger partial charge in [0.15, 0.2) is 0 Å². The van der Waals surface area contributed by atoms with Crippen LogP contribution in [0.15, 0.2) is 15.7 Å². The van der Waals surface area contributed by atoms with Crippen molar-refractivity contribution in [3.63, 3.8) is 0 Å². The van der Waals surface area contributed by atoms with Gasteiger partial charge in [0, 0.05) is 13.1 Å². The summed E-state index contributed by atoms with van der Waals surface area (Å²) in [6, 6.07) is 1.53. The van der Waals surface area contributed by atoms with Gasteiger partial charge in [0.05, 0.1) is 19.3 Å². The van der Waals surface area contributed by atoms with Gasteiger partial charge in [-0.05, 0) is 23.9 Å². The van der Waals surface area contributed by atoms with Gasteiger partial charge in [-0.3, -0.25) is 0 Å². The molecule has 2 rings (SSSR count). The van der Waals surface area contributed by atoms with Crippen molar-refractivity contribution in [1.82, 2.24) is 4.31 Å². The second kappa shape index (κ2) is 5.03. The highest BCUT2D eigenvalue weighted by Gasteiger charge is 2.30. The molecule has 7 heteroatoms. The summed E-state index contributed by atoms with van der Waals surface area (Å²) in [6.45, 7) is 2.92. The molecule has 1 aromatic heterocycles. The van der Waals surface area contributed by atoms with Crippen LogP contribution in [0.2, 0.25) is 0 Å². The van der Waals surface area contributed by atoms with Crippen LogP contribution in [0, 0.1) is 0 Å². The van der Waals surface area contributed by atoms with E-state index in [1.54, 1.807) is 5.38 Å². The van der Waals surface area contributed by atoms with Crippen LogP contribution in [0.25, 0.3) is 0 Å². The highest BCUT2D eigenvalue weighted by molar-refractivity contribution is 7.91. The Labute approximate surface area is 105 Å². The Morgan fingerprint density at radius 3 is 3.00 bits per heavy atom. The van der Waals surface area contributed by atoms with Crippen molar-refractivity contribution in [2.75, 3.05) is 19.7 Å². The van der Waals surface area contributed by atoms with E-state index in [-0.39, 0.29) is 16.9 Å². The van der Waals surface area contributed by atoms with E-state index in [1.807, 2.05) is 6.92 Å². The van der Waals surface area contributed by atoms with Gasteiger partial charge in [-0.25, -0.2) is 8.42 Å². The zero-order valence-electron chi connectivity index (χ0n) is 9.50. The lowest BCUT2D eigenvalue weighted by atomic mass is 10.3. The number of hydrogen-bond acceptors (Lipinski definition) is 5. The van der Waals surface area contributed by atoms with Crippen molar-refractivity contribution >= 4 is 21.4 Å². The van der Waals surface area contributed by atoms with E-state index in [4.69, 9.17) is 9.84 Å². The molecule has 1 saturated heterocycles. The monoisotopic (exact) mass is 277 g/mol. The number of aliphatic hydroxyl groups is 1. The third-order valence-electron chi connectivity index (χ3n) is 2.61. The molecule has 5 nitrogen and oxygen atoms in total. The molecule has 1 atom stereocenters. The molecule has 17 heavy (non-hydrogen) atoms. The predicted molar refractivity (Wildman–Crippen MR) is 64.4 cm³/mol. The van der Waals surface area contributed by atoms with Crippen LogP contribution in [0.5, 0.6) is 0 Å². The van der Waals surface area contributed by atoms with Crippen LogP contribution >= 0.6 is 11.3 Å². The van der Waals surface area contributed by atoms with Crippen LogP contribution in [-0.4, -0.2) is 43.6 Å². The van der Waals surface area contributed by atoms with E-state index in [1.165, 1.54) is 10.4 Å². The van der Waals surface area contributed by atoms with Gasteiger partial charge in [-0.2, -0.15) is 4.31 Å². The third-order valence-corrected chi connectivity index (χ3v) is 5.94. The second-order valence-corrected chi connectivity index (χ2v) is 7.05. The molecule has 0 bridgehead atoms. The minimum atomic E-state index is -3.42. The number of nitrogens with zero attached hydrogens (tertiary/aromatic N) is 1. The number of morpholine rings is 1. The Morgan fingerprint density at radius 2 is 2.41 bits per heavy atom. The van der Waals surface area contributed by atoms with Crippen LogP contribution in [0.3, 0.4) is 0 Å². The molecule has 0 amide bonds. The molecule has 0 spiro atoms. The minimum Gasteiger partial charge on any atom is -0.392 e. The Balaban J connectivity index is 2.23. The summed E-state index contributed by atoms with van der Waals surface area (Å²) in [4.78, 5) is 0. The molecule has 1 aliphatic rings. The number of hydrogen-bond donors (Lipinski definition) is 1. The number of thiophene rings is 1. The Hall–Kier alpha value is -0.470. The summed E-state index contributed by atoms with van der Waals surface area (Å²) < 4.78 is 31.6. The zero-order chi connectivity index (χ0) is 12.5. The number of rotatable bonds is 3. The number of sulfonamides is 1. The van der Waals surface area contributed by atoms with E-state index >= 15 is 0 Å². The fourth-order valence-electron chi connectivity index (χ4n) is 1.70. The molecule has 0 aliphatic carbocycles. The first-order valence-electron chi connectivity index (χ1n) is 5.34. The number of ether oxygens (including phenoxy) is 1. The van der Waals surface area contributed by atoms with Crippen LogP contribution in [-0.2, 0) is 21.4 Å². The van der Waals surface area contributed by atoms with Gasteiger partial charge in [-0.15, -0.1) is 11.3 Å². The maximum absolute atomic E-state index is 12.3. The molecular weight excluding hydrogens is 262 g/mol. The molecular formula is C10H15NO4S2. The Kier molecular flexibility index (Phi) is 3.84. The molecule has 1 unspecified atom stereocenters. The Bertz CT molecular complexity index is 482. The minimum absolute atomic E-state index is 0.0733. The largest absolute Gasteiger partial charge is 0.392 e. The lowest BCUT2D eigenvalue weighted by Gasteiger charge is -2.29. The molecule has 2 heterocycles. The Morgan fingerprint density at radius 1 is 1.65 bits per heavy atom. The van der Waals surface area contributed by atoms with Crippen LogP contribution in [0.4, 0.5) is 0 Å². The molecule has 1 aromatic rings. The van der Waals surface area contributed by atoms with Gasteiger partial charge >= 0.3 is 0 Å². The average Bonchev–Trinajstić information content (AvgIpc) is 2.78. The summed E-state index contributed by atoms with van der Waals surface area (Å²) in [5, 5.41) is 10.6. The lowest BCUT2D eigenvalue weighted by molar-refractivity contribution is 0.0102. The number of aliphatic hydroxyl groups excluding tert-OH is 1. The molecule has 1 aliphatic heterocycles. The SMILES string of the molecule is CC1CN(S(=O)(=O)c2cc(CO)cs2)CCO1. The molecule has 0 aromatic carbocycles. The smallest absolute Gasteiger partial charge is 0.252 e. The molecule has 0 radical (unpaired) electrons. The topological polar surface area (TPSA) is 66.8 Å². The van der Waals surface area contributed by atoms with E-state index in [9.17, 15) is 8.42 Å². The van der Waals surface area contributed by atoms with Gasteiger partial charge in [0.2, 0.25) is 0 Å². The molecule has 1 fully saturated rings. The maximum Gasteiger partial charge on any atom is 0.252 e. The first kappa shape index (κ1) is 13.0. The van der Waals surface area contributed by atoms with Gasteiger partial charge in [-0.1, -0.05) is 0 Å². The average molecular weight is 277 g/mol. The van der Waals surface area contributed by atoms with E-state index in [0.29, 0.717) is 25.3 Å². The van der Waals surface area contributed by atoms with Crippen molar-refractivity contribution in [1.29, 1.82) is 0 Å². The first-order chi connectivity index (χ1) is 8.04. The van der Waals surface area contributed by atoms with Crippen LogP contribution < -0.4 is 0 Å². The van der Waals surface area contributed by atoms with Crippen molar-refractivity contribution in [2.45, 2.75) is 23.8 Å². The molecule has 0 saturated carbocycles. The van der Waals surface area contributed by atoms with E-state index in [2.05, 4.69) is 0 Å². The molecule has 96 valence electrons. The lowest BCUT2D eigenvalue weighted by Crippen LogP contribution is -2.44. The van der Waals surface area contributed by atoms with Gasteiger partial charge in [0.25, 0.3) is 10.0 Å². The summed E-state index contributed by atoms with van der Waals surface area (Å²) in [5.74, 6) is 0. The summed E-state index contributed by atoms with van der Waals surface area (Å²) in [6.07, 6.45) is -0.0733. The van der Waals surface area contributed by atoms with E-state index in [0.717, 1.165) is 11.3 Å². The third kappa shape index (κ3) is 2.69. The van der Waals surface area contributed by atoms with E-state index < -0.39 is 10.0 Å². The maximum atomic E-state index is 12.3. The van der Waals surface area contributed by atoms with Crippen molar-refractivity contribution in [2.24, 2.45) is 0 Å². The second-order valence-electron chi connectivity index (χ2n) is 3.98. The highest BCUT2D eigenvalue weighted by Crippen LogP contribution is 2.25. The van der Waals surface area contributed by atoms with Gasteiger partial charge in [0.1, 0.15) is 4.21 Å². The first-order valence-corrected chi connectivity index (χ1v) is 7.66. The van der Waals surface area contributed by atoms with Gasteiger partial charge < -0.3 is 9.84 Å². The van der Waals surface area contributed by atoms with Crippen LogP contribution in [0.1, 0.15) is 12.5 Å². The standard InChI is InChI=1S/C10H15NO4S2/c1-8-5-11(2-3-15-8)17(13,14)10-4-9(6-12)7-16-10/h4,7-8,12H,2-3,5-6H2,1H3. The molecule has 1 N–H and O–H groups in total. The quantitative estimate of drug-likeness (QED) is 0.881. The summed E-state index contributed by atoms with van der Waals surface area (Å²) in [5.41, 5.74) is 0.634. The van der Waals surface area contributed by atoms with Crippen molar-refractivity contribution < 1.29 is 18.3 Å². The fraction of sp³-hybridized carbons (Fsp3) is 0.600. The van der Waals surface area contributed by atoms with Crippen molar-refractivity contribution in [3.05, 3.63) is 17.0 Å². The predicted octanol–water partition coefficient (Wildman–Crippen LogP) is 0.650. The normalized spacial score (nSPS) is 22.8. The zero-order valence-corrected chi connectivity index (χ0v) is 11.1. The highest BCUT2D eigenvalue weighted by atomic mass is 32.2. The summed E-state index contributed by atoms with van der Waals surface area (Å²) >= 11 is 1.15. The van der Waals surface area contributed by atoms with Crippen molar-refractivity contribution in [3.8, 4) is 0 Å². The fourth-order valence-corrected chi connectivity index (χ4v) is 4.56. The summed E-state index contributed by atoms with van der Waals surface area (Å²) in [7, 11) is -3.42.